The van der Waals surface area contributed by atoms with Gasteiger partial charge in [-0.15, -0.1) is 0 Å². The third kappa shape index (κ3) is 3.51. The summed E-state index contributed by atoms with van der Waals surface area (Å²) in [6, 6.07) is 12.6. The van der Waals surface area contributed by atoms with Gasteiger partial charge >= 0.3 is 0 Å². The highest BCUT2D eigenvalue weighted by Crippen LogP contribution is 2.40. The molecule has 1 fully saturated rings. The first-order chi connectivity index (χ1) is 17.1. The Bertz CT molecular complexity index is 1650. The smallest absolute Gasteiger partial charge is 0.269 e. The molecule has 1 aliphatic carbocycles. The van der Waals surface area contributed by atoms with Gasteiger partial charge in [0, 0.05) is 36.4 Å². The standard InChI is InChI=1S/C25H23N7O2S/c26-12-10-17-6-8-18(9-7-17)32-22-20-11-15-31(35(33,34)19-4-2-1-3-5-19)24(20)29-16-21(22)30-25(32)23-27-13-14-28-23/h1-5,11,13-18H,6-10H2,(H,27,28)/t17-,18-. The van der Waals surface area contributed by atoms with Crippen LogP contribution >= 0.6 is 0 Å². The van der Waals surface area contributed by atoms with Gasteiger partial charge in [-0.2, -0.15) is 5.26 Å². The lowest BCUT2D eigenvalue weighted by molar-refractivity contribution is 0.283. The Kier molecular flexibility index (Phi) is 5.15. The molecule has 0 radical (unpaired) electrons. The van der Waals surface area contributed by atoms with E-state index in [4.69, 9.17) is 10.2 Å². The number of pyridine rings is 1. The fourth-order valence-corrected chi connectivity index (χ4v) is 6.52. The van der Waals surface area contributed by atoms with E-state index in [1.165, 1.54) is 3.97 Å². The van der Waals surface area contributed by atoms with Crippen LogP contribution < -0.4 is 0 Å². The highest BCUT2D eigenvalue weighted by molar-refractivity contribution is 7.90. The van der Waals surface area contributed by atoms with Gasteiger partial charge in [0.05, 0.1) is 22.7 Å². The maximum atomic E-state index is 13.4. The highest BCUT2D eigenvalue weighted by Gasteiger charge is 2.29. The molecule has 0 unspecified atom stereocenters. The van der Waals surface area contributed by atoms with Gasteiger partial charge in [0.25, 0.3) is 10.0 Å². The summed E-state index contributed by atoms with van der Waals surface area (Å²) in [4.78, 5) is 17.2. The van der Waals surface area contributed by atoms with Crippen LogP contribution in [0.4, 0.5) is 0 Å². The molecule has 10 heteroatoms. The predicted octanol–water partition coefficient (Wildman–Crippen LogP) is 4.66. The van der Waals surface area contributed by atoms with Gasteiger partial charge in [0.15, 0.2) is 17.3 Å². The summed E-state index contributed by atoms with van der Waals surface area (Å²) in [5, 5.41) is 9.84. The molecule has 6 rings (SSSR count). The number of hydrogen-bond donors (Lipinski definition) is 1. The van der Waals surface area contributed by atoms with Gasteiger partial charge in [0.2, 0.25) is 0 Å². The number of rotatable bonds is 5. The van der Waals surface area contributed by atoms with E-state index in [2.05, 4.69) is 25.6 Å². The number of fused-ring (bicyclic) bond motifs is 3. The zero-order valence-electron chi connectivity index (χ0n) is 18.9. The second-order valence-corrected chi connectivity index (χ2v) is 10.8. The third-order valence-electron chi connectivity index (χ3n) is 6.90. The van der Waals surface area contributed by atoms with Crippen molar-refractivity contribution in [3.63, 3.8) is 0 Å². The molecule has 1 N–H and O–H groups in total. The molecule has 0 atom stereocenters. The first-order valence-corrected chi connectivity index (χ1v) is 13.1. The van der Waals surface area contributed by atoms with Crippen molar-refractivity contribution >= 4 is 32.1 Å². The van der Waals surface area contributed by atoms with E-state index in [-0.39, 0.29) is 10.9 Å². The van der Waals surface area contributed by atoms with Gasteiger partial charge in [0.1, 0.15) is 5.52 Å². The van der Waals surface area contributed by atoms with Crippen molar-refractivity contribution in [2.24, 2.45) is 5.92 Å². The van der Waals surface area contributed by atoms with Crippen molar-refractivity contribution in [3.05, 3.63) is 61.2 Å². The zero-order valence-corrected chi connectivity index (χ0v) is 19.7. The number of nitriles is 1. The van der Waals surface area contributed by atoms with E-state index in [0.29, 0.717) is 35.2 Å². The maximum absolute atomic E-state index is 13.4. The molecule has 1 aliphatic rings. The normalized spacial score (nSPS) is 18.7. The quantitative estimate of drug-likeness (QED) is 0.386. The van der Waals surface area contributed by atoms with E-state index < -0.39 is 10.0 Å². The number of benzene rings is 1. The molecule has 176 valence electrons. The predicted molar refractivity (Wildman–Crippen MR) is 131 cm³/mol. The van der Waals surface area contributed by atoms with Crippen LogP contribution in [0, 0.1) is 17.2 Å². The summed E-state index contributed by atoms with van der Waals surface area (Å²) in [5.41, 5.74) is 1.91. The lowest BCUT2D eigenvalue weighted by Gasteiger charge is -2.29. The molecule has 35 heavy (non-hydrogen) atoms. The van der Waals surface area contributed by atoms with Gasteiger partial charge in [-0.3, -0.25) is 0 Å². The number of aromatic nitrogens is 6. The second kappa shape index (κ2) is 8.36. The number of imidazole rings is 2. The molecular formula is C25H23N7O2S. The van der Waals surface area contributed by atoms with Crippen LogP contribution in [-0.4, -0.2) is 36.9 Å². The summed E-state index contributed by atoms with van der Waals surface area (Å²) in [6.45, 7) is 0. The largest absolute Gasteiger partial charge is 0.342 e. The van der Waals surface area contributed by atoms with Crippen LogP contribution in [-0.2, 0) is 10.0 Å². The minimum atomic E-state index is -3.80. The highest BCUT2D eigenvalue weighted by atomic mass is 32.2. The average Bonchev–Trinajstić information content (AvgIpc) is 3.63. The van der Waals surface area contributed by atoms with Gasteiger partial charge in [-0.25, -0.2) is 27.3 Å². The molecule has 1 aromatic carbocycles. The first-order valence-electron chi connectivity index (χ1n) is 11.6. The number of aromatic amines is 1. The number of H-pyrrole nitrogens is 1. The number of nitrogens with zero attached hydrogens (tertiary/aromatic N) is 6. The fraction of sp³-hybridized carbons (Fsp3) is 0.280. The van der Waals surface area contributed by atoms with Crippen molar-refractivity contribution in [3.8, 4) is 17.7 Å². The molecule has 9 nitrogen and oxygen atoms in total. The zero-order chi connectivity index (χ0) is 24.0. The van der Waals surface area contributed by atoms with Crippen LogP contribution in [0.1, 0.15) is 38.1 Å². The van der Waals surface area contributed by atoms with Crippen molar-refractivity contribution < 1.29 is 8.42 Å². The first kappa shape index (κ1) is 21.6. The molecule has 0 amide bonds. The molecule has 0 spiro atoms. The lowest BCUT2D eigenvalue weighted by Crippen LogP contribution is -2.19. The van der Waals surface area contributed by atoms with E-state index in [0.717, 1.165) is 36.6 Å². The van der Waals surface area contributed by atoms with Crippen LogP contribution in [0.2, 0.25) is 0 Å². The lowest BCUT2D eigenvalue weighted by atomic mass is 9.84. The van der Waals surface area contributed by atoms with Crippen LogP contribution in [0.25, 0.3) is 33.7 Å². The fourth-order valence-electron chi connectivity index (χ4n) is 5.19. The van der Waals surface area contributed by atoms with Crippen molar-refractivity contribution in [1.29, 1.82) is 5.26 Å². The SMILES string of the molecule is N#CC[C@H]1CC[C@H](n2c(-c3ncc[nH]3)nc3cnc4c(ccn4S(=O)(=O)c4ccccc4)c32)CC1. The van der Waals surface area contributed by atoms with Crippen LogP contribution in [0.5, 0.6) is 0 Å². The second-order valence-electron chi connectivity index (χ2n) is 8.94. The molecule has 0 aliphatic heterocycles. The average molecular weight is 486 g/mol. The Hall–Kier alpha value is -3.97. The third-order valence-corrected chi connectivity index (χ3v) is 8.58. The van der Waals surface area contributed by atoms with E-state index in [1.807, 2.05) is 0 Å². The summed E-state index contributed by atoms with van der Waals surface area (Å²) in [6.07, 6.45) is 11.0. The van der Waals surface area contributed by atoms with Gasteiger partial charge in [-0.1, -0.05) is 18.2 Å². The monoisotopic (exact) mass is 485 g/mol. The summed E-state index contributed by atoms with van der Waals surface area (Å²) >= 11 is 0. The molecule has 0 saturated heterocycles. The summed E-state index contributed by atoms with van der Waals surface area (Å²) in [5.74, 6) is 1.78. The Balaban J connectivity index is 1.54. The minimum Gasteiger partial charge on any atom is -0.342 e. The Labute approximate surface area is 202 Å². The summed E-state index contributed by atoms with van der Waals surface area (Å²) in [7, 11) is -3.80. The molecule has 4 heterocycles. The number of nitrogens with one attached hydrogen (secondary N) is 1. The van der Waals surface area contributed by atoms with Crippen molar-refractivity contribution in [2.75, 3.05) is 0 Å². The van der Waals surface area contributed by atoms with Crippen LogP contribution in [0.15, 0.2) is 66.1 Å². The van der Waals surface area contributed by atoms with E-state index in [1.54, 1.807) is 61.2 Å². The van der Waals surface area contributed by atoms with E-state index >= 15 is 0 Å². The Morgan fingerprint density at radius 2 is 1.89 bits per heavy atom. The topological polar surface area (TPSA) is 122 Å². The summed E-state index contributed by atoms with van der Waals surface area (Å²) < 4.78 is 30.2. The maximum Gasteiger partial charge on any atom is 0.269 e. The molecule has 4 aromatic heterocycles. The molecule has 1 saturated carbocycles. The Morgan fingerprint density at radius 3 is 2.60 bits per heavy atom. The Morgan fingerprint density at radius 1 is 1.09 bits per heavy atom. The van der Waals surface area contributed by atoms with Gasteiger partial charge < -0.3 is 9.55 Å². The number of hydrogen-bond acceptors (Lipinski definition) is 6. The van der Waals surface area contributed by atoms with E-state index in [9.17, 15) is 8.42 Å². The molecule has 0 bridgehead atoms. The van der Waals surface area contributed by atoms with Crippen molar-refractivity contribution in [2.45, 2.75) is 43.0 Å². The molecular weight excluding hydrogens is 462 g/mol. The van der Waals surface area contributed by atoms with Crippen LogP contribution in [0.3, 0.4) is 0 Å². The van der Waals surface area contributed by atoms with Crippen molar-refractivity contribution in [1.82, 2.24) is 28.5 Å². The molecule has 5 aromatic rings. The minimum absolute atomic E-state index is 0.162. The van der Waals surface area contributed by atoms with Gasteiger partial charge in [-0.05, 0) is 49.8 Å².